The second-order valence-electron chi connectivity index (χ2n) is 6.82. The minimum Gasteiger partial charge on any atom is -0.378 e. The van der Waals surface area contributed by atoms with Crippen LogP contribution in [-0.2, 0) is 17.4 Å². The van der Waals surface area contributed by atoms with E-state index in [4.69, 9.17) is 0 Å². The van der Waals surface area contributed by atoms with Crippen molar-refractivity contribution < 1.29 is 22.9 Å². The zero-order valence-corrected chi connectivity index (χ0v) is 16.6. The summed E-state index contributed by atoms with van der Waals surface area (Å²) in [5.41, 5.74) is 0.285. The van der Waals surface area contributed by atoms with Crippen molar-refractivity contribution in [2.24, 2.45) is 0 Å². The van der Waals surface area contributed by atoms with Crippen molar-refractivity contribution in [3.8, 4) is 0 Å². The van der Waals surface area contributed by atoms with E-state index in [1.54, 1.807) is 0 Å². The van der Waals surface area contributed by atoms with Gasteiger partial charge in [0.25, 0.3) is 5.69 Å². The van der Waals surface area contributed by atoms with Crippen LogP contribution in [0.1, 0.15) is 17.5 Å². The number of halogens is 3. The first-order chi connectivity index (χ1) is 14.1. The van der Waals surface area contributed by atoms with E-state index in [9.17, 15) is 28.1 Å². The fourth-order valence-corrected chi connectivity index (χ4v) is 2.71. The van der Waals surface area contributed by atoms with Crippen LogP contribution < -0.4 is 15.5 Å². The van der Waals surface area contributed by atoms with Gasteiger partial charge in [-0.05, 0) is 36.2 Å². The van der Waals surface area contributed by atoms with Gasteiger partial charge in [0, 0.05) is 45.4 Å². The number of nitro groups is 1. The van der Waals surface area contributed by atoms with Crippen molar-refractivity contribution in [3.63, 3.8) is 0 Å². The molecule has 0 bridgehead atoms. The van der Waals surface area contributed by atoms with E-state index >= 15 is 0 Å². The maximum atomic E-state index is 12.7. The number of aryl methyl sites for hydroxylation is 1. The molecule has 0 atom stereocenters. The number of hydrogen-bond acceptors (Lipinski definition) is 5. The lowest BCUT2D eigenvalue weighted by Gasteiger charge is -2.13. The number of anilines is 2. The highest BCUT2D eigenvalue weighted by atomic mass is 19.4. The Kier molecular flexibility index (Phi) is 7.62. The van der Waals surface area contributed by atoms with E-state index in [2.05, 4.69) is 10.6 Å². The molecule has 0 aliphatic heterocycles. The molecule has 0 aromatic heterocycles. The summed E-state index contributed by atoms with van der Waals surface area (Å²) in [6.45, 7) is 0.312. The summed E-state index contributed by atoms with van der Waals surface area (Å²) in [5.74, 6) is -0.185. The van der Waals surface area contributed by atoms with Crippen LogP contribution in [0.15, 0.2) is 42.5 Å². The van der Waals surface area contributed by atoms with Gasteiger partial charge in [0.05, 0.1) is 10.5 Å². The fraction of sp³-hybridized carbons (Fsp3) is 0.350. The highest BCUT2D eigenvalue weighted by Crippen LogP contribution is 2.34. The summed E-state index contributed by atoms with van der Waals surface area (Å²) in [5, 5.41) is 16.4. The lowest BCUT2D eigenvalue weighted by molar-refractivity contribution is -0.384. The van der Waals surface area contributed by atoms with Crippen molar-refractivity contribution in [2.45, 2.75) is 19.0 Å². The molecule has 0 radical (unpaired) electrons. The van der Waals surface area contributed by atoms with Crippen LogP contribution in [0.5, 0.6) is 0 Å². The number of benzene rings is 2. The highest BCUT2D eigenvalue weighted by molar-refractivity contribution is 5.76. The van der Waals surface area contributed by atoms with Crippen LogP contribution in [-0.4, -0.2) is 38.0 Å². The van der Waals surface area contributed by atoms with Gasteiger partial charge in [-0.1, -0.05) is 12.1 Å². The topological polar surface area (TPSA) is 87.5 Å². The van der Waals surface area contributed by atoms with Crippen LogP contribution in [0.2, 0.25) is 0 Å². The number of amides is 1. The normalized spacial score (nSPS) is 11.1. The van der Waals surface area contributed by atoms with E-state index in [0.29, 0.717) is 12.5 Å². The Morgan fingerprint density at radius 2 is 1.77 bits per heavy atom. The predicted molar refractivity (Wildman–Crippen MR) is 109 cm³/mol. The van der Waals surface area contributed by atoms with Crippen LogP contribution in [0, 0.1) is 10.1 Å². The smallest absolute Gasteiger partial charge is 0.378 e. The molecule has 1 amide bonds. The van der Waals surface area contributed by atoms with Gasteiger partial charge < -0.3 is 15.5 Å². The van der Waals surface area contributed by atoms with Gasteiger partial charge in [0.15, 0.2) is 0 Å². The molecule has 10 heteroatoms. The molecular formula is C20H23F3N4O3. The molecule has 0 fully saturated rings. The molecule has 2 rings (SSSR count). The SMILES string of the molecule is CN(C)c1ccc(CCC(=O)NCCNc2ccc(C(F)(F)F)cc2[N+](=O)[O-])cc1. The summed E-state index contributed by atoms with van der Waals surface area (Å²) in [7, 11) is 3.88. The minimum absolute atomic E-state index is 0.0387. The molecule has 162 valence electrons. The van der Waals surface area contributed by atoms with Gasteiger partial charge in [0.1, 0.15) is 5.69 Å². The van der Waals surface area contributed by atoms with Gasteiger partial charge in [0.2, 0.25) is 5.91 Å². The number of carbonyl (C=O) groups excluding carboxylic acids is 1. The number of nitrogens with zero attached hydrogens (tertiary/aromatic N) is 2. The number of alkyl halides is 3. The maximum absolute atomic E-state index is 12.7. The van der Waals surface area contributed by atoms with Crippen LogP contribution in [0.3, 0.4) is 0 Å². The second-order valence-corrected chi connectivity index (χ2v) is 6.82. The molecular weight excluding hydrogens is 401 g/mol. The summed E-state index contributed by atoms with van der Waals surface area (Å²) >= 11 is 0. The van der Waals surface area contributed by atoms with Crippen molar-refractivity contribution in [1.82, 2.24) is 5.32 Å². The third-order valence-corrected chi connectivity index (χ3v) is 4.38. The lowest BCUT2D eigenvalue weighted by Crippen LogP contribution is -2.29. The van der Waals surface area contributed by atoms with Gasteiger partial charge in [-0.25, -0.2) is 0 Å². The molecule has 0 saturated heterocycles. The average Bonchev–Trinajstić information content (AvgIpc) is 2.69. The number of rotatable bonds is 9. The monoisotopic (exact) mass is 424 g/mol. The number of hydrogen-bond donors (Lipinski definition) is 2. The molecule has 0 aliphatic rings. The van der Waals surface area contributed by atoms with Crippen LogP contribution in [0.4, 0.5) is 30.2 Å². The first-order valence-electron chi connectivity index (χ1n) is 9.20. The third kappa shape index (κ3) is 6.64. The van der Waals surface area contributed by atoms with E-state index < -0.39 is 22.4 Å². The summed E-state index contributed by atoms with van der Waals surface area (Å²) in [6.07, 6.45) is -3.82. The van der Waals surface area contributed by atoms with E-state index in [1.165, 1.54) is 0 Å². The standard InChI is InChI=1S/C20H23F3N4O3/c1-26(2)16-7-3-14(4-8-16)5-10-19(28)25-12-11-24-17-9-6-15(20(21,22)23)13-18(17)27(29)30/h3-4,6-9,13,24H,5,10-12H2,1-2H3,(H,25,28). The first-order valence-corrected chi connectivity index (χ1v) is 9.20. The molecule has 0 heterocycles. The van der Waals surface area contributed by atoms with Crippen molar-refractivity contribution in [1.29, 1.82) is 0 Å². The van der Waals surface area contributed by atoms with E-state index in [-0.39, 0.29) is 31.1 Å². The Morgan fingerprint density at radius 1 is 1.10 bits per heavy atom. The van der Waals surface area contributed by atoms with Gasteiger partial charge in [-0.15, -0.1) is 0 Å². The molecule has 0 saturated carbocycles. The van der Waals surface area contributed by atoms with Crippen LogP contribution in [0.25, 0.3) is 0 Å². The van der Waals surface area contributed by atoms with Gasteiger partial charge >= 0.3 is 6.18 Å². The summed E-state index contributed by atoms with van der Waals surface area (Å²) in [6, 6.07) is 10.1. The Morgan fingerprint density at radius 3 is 2.33 bits per heavy atom. The quantitative estimate of drug-likeness (QED) is 0.363. The van der Waals surface area contributed by atoms with Gasteiger partial charge in [-0.3, -0.25) is 14.9 Å². The molecule has 0 spiro atoms. The third-order valence-electron chi connectivity index (χ3n) is 4.38. The molecule has 2 aromatic rings. The Hall–Kier alpha value is -3.30. The van der Waals surface area contributed by atoms with Crippen LogP contribution >= 0.6 is 0 Å². The molecule has 30 heavy (non-hydrogen) atoms. The Labute approximate surface area is 172 Å². The largest absolute Gasteiger partial charge is 0.416 e. The highest BCUT2D eigenvalue weighted by Gasteiger charge is 2.32. The molecule has 0 aliphatic carbocycles. The molecule has 0 unspecified atom stereocenters. The van der Waals surface area contributed by atoms with E-state index in [1.807, 2.05) is 43.3 Å². The molecule has 7 nitrogen and oxygen atoms in total. The maximum Gasteiger partial charge on any atom is 0.416 e. The van der Waals surface area contributed by atoms with Crippen molar-refractivity contribution in [3.05, 3.63) is 63.7 Å². The zero-order valence-electron chi connectivity index (χ0n) is 16.6. The van der Waals surface area contributed by atoms with Gasteiger partial charge in [-0.2, -0.15) is 13.2 Å². The summed E-state index contributed by atoms with van der Waals surface area (Å²) in [4.78, 5) is 24.1. The second kappa shape index (κ2) is 9.95. The minimum atomic E-state index is -4.66. The Balaban J connectivity index is 1.80. The first kappa shape index (κ1) is 23.0. The van der Waals surface area contributed by atoms with E-state index in [0.717, 1.165) is 23.4 Å². The number of carbonyl (C=O) groups is 1. The number of nitro benzene ring substituents is 1. The fourth-order valence-electron chi connectivity index (χ4n) is 2.71. The number of nitrogens with one attached hydrogen (secondary N) is 2. The average molecular weight is 424 g/mol. The summed E-state index contributed by atoms with van der Waals surface area (Å²) < 4.78 is 38.1. The molecule has 2 N–H and O–H groups in total. The Bertz CT molecular complexity index is 884. The zero-order chi connectivity index (χ0) is 22.3. The lowest BCUT2D eigenvalue weighted by atomic mass is 10.1. The van der Waals surface area contributed by atoms with Crippen molar-refractivity contribution in [2.75, 3.05) is 37.4 Å². The molecule has 2 aromatic carbocycles. The van der Waals surface area contributed by atoms with Crippen molar-refractivity contribution >= 4 is 23.0 Å². The predicted octanol–water partition coefficient (Wildman–Crippen LogP) is 3.84.